The summed E-state index contributed by atoms with van der Waals surface area (Å²) in [5, 5.41) is 5.30. The average molecular weight is 342 g/mol. The van der Waals surface area contributed by atoms with Crippen LogP contribution in [-0.2, 0) is 16.0 Å². The maximum atomic E-state index is 11.8. The second-order valence-corrected chi connectivity index (χ2v) is 5.47. The Bertz CT molecular complexity index is 696. The zero-order valence-electron chi connectivity index (χ0n) is 14.4. The zero-order chi connectivity index (χ0) is 18.1. The van der Waals surface area contributed by atoms with Crippen molar-refractivity contribution < 1.29 is 19.1 Å². The number of carbonyl (C=O) groups is 2. The lowest BCUT2D eigenvalue weighted by Gasteiger charge is -2.08. The summed E-state index contributed by atoms with van der Waals surface area (Å²) in [4.78, 5) is 22.7. The van der Waals surface area contributed by atoms with Gasteiger partial charge in [0.2, 0.25) is 5.91 Å². The van der Waals surface area contributed by atoms with Crippen molar-refractivity contribution in [2.45, 2.75) is 19.8 Å². The molecule has 0 aliphatic heterocycles. The lowest BCUT2D eigenvalue weighted by atomic mass is 10.1. The monoisotopic (exact) mass is 342 g/mol. The highest BCUT2D eigenvalue weighted by atomic mass is 16.5. The molecule has 25 heavy (non-hydrogen) atoms. The van der Waals surface area contributed by atoms with Crippen molar-refractivity contribution in [3.8, 4) is 5.75 Å². The van der Waals surface area contributed by atoms with Gasteiger partial charge in [-0.3, -0.25) is 10.1 Å². The summed E-state index contributed by atoms with van der Waals surface area (Å²) in [5.74, 6) is 0.681. The average Bonchev–Trinajstić information content (AvgIpc) is 2.60. The van der Waals surface area contributed by atoms with Crippen LogP contribution in [0.3, 0.4) is 0 Å². The molecule has 2 amide bonds. The molecule has 6 heteroatoms. The normalized spacial score (nSPS) is 10.0. The smallest absolute Gasteiger partial charge is 0.411 e. The molecular weight excluding hydrogens is 320 g/mol. The van der Waals surface area contributed by atoms with Crippen molar-refractivity contribution in [2.75, 3.05) is 24.4 Å². The first-order valence-electron chi connectivity index (χ1n) is 8.01. The maximum absolute atomic E-state index is 11.8. The topological polar surface area (TPSA) is 76.7 Å². The highest BCUT2D eigenvalue weighted by Crippen LogP contribution is 2.14. The van der Waals surface area contributed by atoms with E-state index < -0.39 is 6.09 Å². The van der Waals surface area contributed by atoms with Gasteiger partial charge >= 0.3 is 6.09 Å². The number of aryl methyl sites for hydroxylation is 1. The second kappa shape index (κ2) is 9.32. The van der Waals surface area contributed by atoms with Gasteiger partial charge in [0.1, 0.15) is 5.75 Å². The van der Waals surface area contributed by atoms with Crippen LogP contribution in [0, 0.1) is 0 Å². The van der Waals surface area contributed by atoms with Crippen LogP contribution in [-0.4, -0.2) is 25.7 Å². The molecule has 0 spiro atoms. The third-order valence-electron chi connectivity index (χ3n) is 3.45. The second-order valence-electron chi connectivity index (χ2n) is 5.47. The van der Waals surface area contributed by atoms with Gasteiger partial charge in [0, 0.05) is 18.3 Å². The fourth-order valence-corrected chi connectivity index (χ4v) is 2.23. The van der Waals surface area contributed by atoms with E-state index in [0.29, 0.717) is 18.0 Å². The number of hydrogen-bond donors (Lipinski definition) is 2. The van der Waals surface area contributed by atoms with E-state index in [2.05, 4.69) is 10.6 Å². The SMILES string of the molecule is COc1ccc(CCCOC(=O)Nc2ccc(NC(C)=O)cc2)cc1. The Morgan fingerprint density at radius 1 is 0.920 bits per heavy atom. The van der Waals surface area contributed by atoms with Crippen LogP contribution in [0.4, 0.5) is 16.2 Å². The van der Waals surface area contributed by atoms with Gasteiger partial charge in [-0.15, -0.1) is 0 Å². The minimum Gasteiger partial charge on any atom is -0.497 e. The van der Waals surface area contributed by atoms with E-state index in [4.69, 9.17) is 9.47 Å². The molecule has 0 radical (unpaired) electrons. The number of ether oxygens (including phenoxy) is 2. The van der Waals surface area contributed by atoms with E-state index in [1.807, 2.05) is 24.3 Å². The lowest BCUT2D eigenvalue weighted by molar-refractivity contribution is -0.114. The van der Waals surface area contributed by atoms with Crippen LogP contribution in [0.1, 0.15) is 18.9 Å². The van der Waals surface area contributed by atoms with Crippen molar-refractivity contribution >= 4 is 23.4 Å². The van der Waals surface area contributed by atoms with Crippen molar-refractivity contribution in [1.29, 1.82) is 0 Å². The van der Waals surface area contributed by atoms with E-state index in [0.717, 1.165) is 18.6 Å². The molecule has 0 saturated heterocycles. The zero-order valence-corrected chi connectivity index (χ0v) is 14.4. The summed E-state index contributed by atoms with van der Waals surface area (Å²) in [5.41, 5.74) is 2.44. The maximum Gasteiger partial charge on any atom is 0.411 e. The largest absolute Gasteiger partial charge is 0.497 e. The Hall–Kier alpha value is -3.02. The van der Waals surface area contributed by atoms with Gasteiger partial charge < -0.3 is 14.8 Å². The first kappa shape index (κ1) is 18.3. The van der Waals surface area contributed by atoms with E-state index in [9.17, 15) is 9.59 Å². The molecule has 0 bridgehead atoms. The highest BCUT2D eigenvalue weighted by Gasteiger charge is 2.04. The quantitative estimate of drug-likeness (QED) is 0.750. The molecule has 0 atom stereocenters. The number of nitrogens with one attached hydrogen (secondary N) is 2. The minimum absolute atomic E-state index is 0.142. The predicted molar refractivity (Wildman–Crippen MR) is 97.0 cm³/mol. The molecule has 0 aromatic heterocycles. The van der Waals surface area contributed by atoms with Crippen LogP contribution in [0.2, 0.25) is 0 Å². The molecule has 2 rings (SSSR count). The summed E-state index contributed by atoms with van der Waals surface area (Å²) >= 11 is 0. The number of methoxy groups -OCH3 is 1. The van der Waals surface area contributed by atoms with Crippen molar-refractivity contribution in [3.63, 3.8) is 0 Å². The molecule has 2 aromatic carbocycles. The first-order valence-corrected chi connectivity index (χ1v) is 8.01. The molecule has 0 aliphatic carbocycles. The third-order valence-corrected chi connectivity index (χ3v) is 3.45. The molecule has 0 unspecified atom stereocenters. The summed E-state index contributed by atoms with van der Waals surface area (Å²) in [7, 11) is 1.63. The number of carbonyl (C=O) groups excluding carboxylic acids is 2. The number of rotatable bonds is 7. The standard InChI is InChI=1S/C19H22N2O4/c1-14(22)20-16-7-9-17(10-8-16)21-19(23)25-13-3-4-15-5-11-18(24-2)12-6-15/h5-12H,3-4,13H2,1-2H3,(H,20,22)(H,21,23). The van der Waals surface area contributed by atoms with Gasteiger partial charge in [0.25, 0.3) is 0 Å². The van der Waals surface area contributed by atoms with E-state index in [1.165, 1.54) is 12.5 Å². The van der Waals surface area contributed by atoms with Crippen LogP contribution in [0.25, 0.3) is 0 Å². The van der Waals surface area contributed by atoms with Gasteiger partial charge in [-0.05, 0) is 54.8 Å². The summed E-state index contributed by atoms with van der Waals surface area (Å²) < 4.78 is 10.3. The van der Waals surface area contributed by atoms with E-state index >= 15 is 0 Å². The molecule has 0 heterocycles. The third kappa shape index (κ3) is 6.55. The van der Waals surface area contributed by atoms with Gasteiger partial charge in [-0.1, -0.05) is 12.1 Å². The number of hydrogen-bond acceptors (Lipinski definition) is 4. The number of benzene rings is 2. The molecule has 0 saturated carbocycles. The van der Waals surface area contributed by atoms with Crippen molar-refractivity contribution in [2.24, 2.45) is 0 Å². The Morgan fingerprint density at radius 2 is 1.52 bits per heavy atom. The summed E-state index contributed by atoms with van der Waals surface area (Å²) in [6, 6.07) is 14.6. The molecule has 0 aliphatic rings. The van der Waals surface area contributed by atoms with Crippen molar-refractivity contribution in [3.05, 3.63) is 54.1 Å². The molecule has 2 N–H and O–H groups in total. The van der Waals surface area contributed by atoms with Crippen LogP contribution >= 0.6 is 0 Å². The molecule has 6 nitrogen and oxygen atoms in total. The van der Waals surface area contributed by atoms with E-state index in [1.54, 1.807) is 31.4 Å². The molecule has 0 fully saturated rings. The van der Waals surface area contributed by atoms with E-state index in [-0.39, 0.29) is 5.91 Å². The summed E-state index contributed by atoms with van der Waals surface area (Å²) in [6.45, 7) is 1.78. The molecule has 2 aromatic rings. The Balaban J connectivity index is 1.68. The van der Waals surface area contributed by atoms with Gasteiger partial charge in [-0.25, -0.2) is 4.79 Å². The van der Waals surface area contributed by atoms with Crippen molar-refractivity contribution in [1.82, 2.24) is 0 Å². The van der Waals surface area contributed by atoms with Gasteiger partial charge in [0.05, 0.1) is 13.7 Å². The Kier molecular flexibility index (Phi) is 6.83. The van der Waals surface area contributed by atoms with Crippen LogP contribution in [0.5, 0.6) is 5.75 Å². The predicted octanol–water partition coefficient (Wildman–Crippen LogP) is 3.83. The van der Waals surface area contributed by atoms with Crippen LogP contribution in [0.15, 0.2) is 48.5 Å². The molecular formula is C19H22N2O4. The highest BCUT2D eigenvalue weighted by molar-refractivity contribution is 5.89. The first-order chi connectivity index (χ1) is 12.1. The van der Waals surface area contributed by atoms with Gasteiger partial charge in [-0.2, -0.15) is 0 Å². The van der Waals surface area contributed by atoms with Crippen LogP contribution < -0.4 is 15.4 Å². The van der Waals surface area contributed by atoms with Gasteiger partial charge in [0.15, 0.2) is 0 Å². The number of amides is 2. The fraction of sp³-hybridized carbons (Fsp3) is 0.263. The minimum atomic E-state index is -0.498. The fourth-order valence-electron chi connectivity index (χ4n) is 2.23. The Labute approximate surface area is 147 Å². The number of anilines is 2. The lowest BCUT2D eigenvalue weighted by Crippen LogP contribution is -2.14. The molecule has 132 valence electrons. The Morgan fingerprint density at radius 3 is 2.08 bits per heavy atom. The summed E-state index contributed by atoms with van der Waals surface area (Å²) in [6.07, 6.45) is 1.06.